The van der Waals surface area contributed by atoms with E-state index < -0.39 is 5.54 Å². The van der Waals surface area contributed by atoms with E-state index in [1.165, 1.54) is 6.42 Å². The molecule has 5 heterocycles. The largest absolute Gasteiger partial charge is 0.454 e. The van der Waals surface area contributed by atoms with Crippen LogP contribution in [0.1, 0.15) is 50.5 Å². The summed E-state index contributed by atoms with van der Waals surface area (Å²) in [6, 6.07) is 15.7. The molecule has 0 spiro atoms. The fourth-order valence-corrected chi connectivity index (χ4v) is 6.83. The van der Waals surface area contributed by atoms with Crippen molar-refractivity contribution in [2.45, 2.75) is 57.2 Å². The number of hydrogen-bond acceptors (Lipinski definition) is 5. The summed E-state index contributed by atoms with van der Waals surface area (Å²) in [5.41, 5.74) is 1.82. The first-order valence-corrected chi connectivity index (χ1v) is 13.7. The highest BCUT2D eigenvalue weighted by molar-refractivity contribution is 6.31. The Balaban J connectivity index is 1.22. The van der Waals surface area contributed by atoms with Gasteiger partial charge >= 0.3 is 5.97 Å². The summed E-state index contributed by atoms with van der Waals surface area (Å²) in [4.78, 5) is 21.1. The van der Waals surface area contributed by atoms with Gasteiger partial charge in [-0.2, -0.15) is 0 Å². The van der Waals surface area contributed by atoms with Crippen molar-refractivity contribution in [3.05, 3.63) is 65.0 Å². The number of rotatable bonds is 6. The molecule has 2 aromatic carbocycles. The molecule has 4 saturated heterocycles. The number of quaternary nitrogens is 1. The van der Waals surface area contributed by atoms with Crippen LogP contribution in [-0.4, -0.2) is 59.2 Å². The van der Waals surface area contributed by atoms with Gasteiger partial charge in [-0.3, -0.25) is 4.90 Å². The quantitative estimate of drug-likeness (QED) is 0.323. The lowest BCUT2D eigenvalue weighted by Crippen LogP contribution is -2.64. The van der Waals surface area contributed by atoms with Crippen LogP contribution in [0, 0.1) is 5.92 Å². The van der Waals surface area contributed by atoms with Gasteiger partial charge in [0, 0.05) is 23.8 Å². The van der Waals surface area contributed by atoms with Gasteiger partial charge in [0.25, 0.3) is 5.89 Å². The maximum Gasteiger partial charge on any atom is 0.331 e. The third-order valence-electron chi connectivity index (χ3n) is 8.89. The van der Waals surface area contributed by atoms with E-state index in [4.69, 9.17) is 25.7 Å². The number of ether oxygens (including phenoxy) is 1. The molecule has 0 radical (unpaired) electrons. The molecule has 3 aromatic rings. The maximum atomic E-state index is 14.0. The number of hydrogen-bond donors (Lipinski definition) is 0. The molecule has 1 aromatic heterocycles. The number of benzene rings is 2. The molecule has 2 atom stereocenters. The van der Waals surface area contributed by atoms with Crippen LogP contribution >= 0.6 is 11.6 Å². The lowest BCUT2D eigenvalue weighted by Gasteiger charge is -2.52. The van der Waals surface area contributed by atoms with Crippen LogP contribution in [0.5, 0.6) is 0 Å². The van der Waals surface area contributed by atoms with Crippen molar-refractivity contribution in [1.29, 1.82) is 0 Å². The summed E-state index contributed by atoms with van der Waals surface area (Å²) < 4.78 is 13.4. The lowest BCUT2D eigenvalue weighted by atomic mass is 9.82. The zero-order valence-corrected chi connectivity index (χ0v) is 21.8. The first kappa shape index (κ1) is 24.0. The van der Waals surface area contributed by atoms with Crippen LogP contribution in [0.4, 0.5) is 0 Å². The minimum Gasteiger partial charge on any atom is -0.454 e. The molecule has 7 heteroatoms. The molecule has 4 aliphatic heterocycles. The zero-order chi connectivity index (χ0) is 24.8. The Morgan fingerprint density at radius 3 is 2.64 bits per heavy atom. The number of likely N-dealkylation sites (tertiary alicyclic amines) is 1. The number of esters is 1. The molecule has 36 heavy (non-hydrogen) atoms. The van der Waals surface area contributed by atoms with Crippen molar-refractivity contribution < 1.29 is 18.4 Å². The zero-order valence-electron chi connectivity index (χ0n) is 21.0. The van der Waals surface area contributed by atoms with Crippen molar-refractivity contribution in [1.82, 2.24) is 9.88 Å². The van der Waals surface area contributed by atoms with Gasteiger partial charge in [0.05, 0.1) is 13.1 Å². The SMILES string of the molecule is C[C@@](C(=O)O[C@H]1C[N+]2(Cc3nc4cc(Cl)ccc4o3)CCC1CC2)(c1ccccc1)N1CCCCC1. The summed E-state index contributed by atoms with van der Waals surface area (Å²) in [6.45, 7) is 7.59. The Kier molecular flexibility index (Phi) is 6.30. The Labute approximate surface area is 217 Å². The Hall–Kier alpha value is -2.41. The van der Waals surface area contributed by atoms with Crippen molar-refractivity contribution >= 4 is 28.7 Å². The average molecular weight is 509 g/mol. The third-order valence-corrected chi connectivity index (χ3v) is 9.12. The van der Waals surface area contributed by atoms with Gasteiger partial charge in [-0.25, -0.2) is 9.78 Å². The van der Waals surface area contributed by atoms with E-state index >= 15 is 0 Å². The Morgan fingerprint density at radius 1 is 1.14 bits per heavy atom. The number of nitrogens with zero attached hydrogens (tertiary/aromatic N) is 3. The number of aromatic nitrogens is 1. The van der Waals surface area contributed by atoms with Gasteiger partial charge in [-0.15, -0.1) is 0 Å². The minimum absolute atomic E-state index is 0.0772. The van der Waals surface area contributed by atoms with Gasteiger partial charge in [0.15, 0.2) is 18.2 Å². The van der Waals surface area contributed by atoms with Gasteiger partial charge in [0.2, 0.25) is 0 Å². The highest BCUT2D eigenvalue weighted by atomic mass is 35.5. The number of piperidine rings is 4. The van der Waals surface area contributed by atoms with Crippen molar-refractivity contribution in [2.75, 3.05) is 32.7 Å². The van der Waals surface area contributed by atoms with Gasteiger partial charge < -0.3 is 13.6 Å². The first-order valence-electron chi connectivity index (χ1n) is 13.4. The predicted octanol–water partition coefficient (Wildman–Crippen LogP) is 5.53. The molecule has 7 rings (SSSR count). The summed E-state index contributed by atoms with van der Waals surface area (Å²) in [5, 5.41) is 0.662. The van der Waals surface area contributed by atoms with E-state index in [0.29, 0.717) is 10.9 Å². The lowest BCUT2D eigenvalue weighted by molar-refractivity contribution is -0.959. The minimum atomic E-state index is -0.766. The van der Waals surface area contributed by atoms with Crippen LogP contribution in [-0.2, 0) is 21.6 Å². The molecule has 0 aliphatic carbocycles. The van der Waals surface area contributed by atoms with Crippen LogP contribution in [0.3, 0.4) is 0 Å². The second-order valence-electron chi connectivity index (χ2n) is 11.1. The molecule has 0 amide bonds. The Morgan fingerprint density at radius 2 is 1.89 bits per heavy atom. The first-order chi connectivity index (χ1) is 17.5. The summed E-state index contributed by atoms with van der Waals surface area (Å²) in [7, 11) is 0. The second-order valence-corrected chi connectivity index (χ2v) is 11.6. The summed E-state index contributed by atoms with van der Waals surface area (Å²) in [5.74, 6) is 1.06. The van der Waals surface area contributed by atoms with E-state index in [1.54, 1.807) is 0 Å². The van der Waals surface area contributed by atoms with Crippen molar-refractivity contribution in [2.24, 2.45) is 5.92 Å². The maximum absolute atomic E-state index is 14.0. The molecule has 4 aliphatic rings. The van der Waals surface area contributed by atoms with Crippen LogP contribution < -0.4 is 0 Å². The van der Waals surface area contributed by atoms with Gasteiger partial charge in [-0.05, 0) is 56.6 Å². The number of oxazole rings is 1. The van der Waals surface area contributed by atoms with E-state index in [-0.39, 0.29) is 12.1 Å². The van der Waals surface area contributed by atoms with Crippen LogP contribution in [0.2, 0.25) is 5.02 Å². The van der Waals surface area contributed by atoms with E-state index in [9.17, 15) is 4.79 Å². The van der Waals surface area contributed by atoms with E-state index in [1.807, 2.05) is 36.4 Å². The molecule has 6 nitrogen and oxygen atoms in total. The fourth-order valence-electron chi connectivity index (χ4n) is 6.67. The van der Waals surface area contributed by atoms with Crippen molar-refractivity contribution in [3.63, 3.8) is 0 Å². The van der Waals surface area contributed by atoms with E-state index in [0.717, 1.165) is 92.0 Å². The van der Waals surface area contributed by atoms with Crippen molar-refractivity contribution in [3.8, 4) is 0 Å². The molecule has 190 valence electrons. The molecular weight excluding hydrogens is 474 g/mol. The molecule has 0 saturated carbocycles. The normalized spacial score (nSPS) is 28.2. The Bertz CT molecular complexity index is 1230. The highest BCUT2D eigenvalue weighted by Crippen LogP contribution is 2.40. The molecule has 4 fully saturated rings. The monoisotopic (exact) mass is 508 g/mol. The smallest absolute Gasteiger partial charge is 0.331 e. The number of fused-ring (bicyclic) bond motifs is 4. The standard InChI is InChI=1S/C29H35ClN3O3/c1-29(22-8-4-2-5-9-22,32-14-6-3-7-15-32)28(34)36-26-19-33(16-12-21(26)13-17-33)20-27-31-24-18-23(30)10-11-25(24)35-27/h2,4-5,8-11,18,21,26H,3,6-7,12-17,19-20H2,1H3/q+1/t21?,26-,29-,33?/m0/s1. The molecule has 0 N–H and O–H groups in total. The van der Waals surface area contributed by atoms with Crippen LogP contribution in [0.15, 0.2) is 52.9 Å². The fraction of sp³-hybridized carbons (Fsp3) is 0.517. The predicted molar refractivity (Wildman–Crippen MR) is 139 cm³/mol. The van der Waals surface area contributed by atoms with E-state index in [2.05, 4.69) is 24.0 Å². The summed E-state index contributed by atoms with van der Waals surface area (Å²) >= 11 is 6.15. The number of halogens is 1. The molecule has 2 bridgehead atoms. The van der Waals surface area contributed by atoms with Crippen LogP contribution in [0.25, 0.3) is 11.1 Å². The molecule has 0 unspecified atom stereocenters. The van der Waals surface area contributed by atoms with Gasteiger partial charge in [-0.1, -0.05) is 48.4 Å². The number of carbonyl (C=O) groups is 1. The highest BCUT2D eigenvalue weighted by Gasteiger charge is 2.51. The summed E-state index contributed by atoms with van der Waals surface area (Å²) in [6.07, 6.45) is 5.52. The van der Waals surface area contributed by atoms with Gasteiger partial charge in [0.1, 0.15) is 17.6 Å². The third kappa shape index (κ3) is 4.33. The second kappa shape index (κ2) is 9.47. The molecular formula is C29H35ClN3O3+. The topological polar surface area (TPSA) is 55.6 Å². The number of carbonyl (C=O) groups excluding carboxylic acids is 1. The average Bonchev–Trinajstić information content (AvgIpc) is 3.30.